The summed E-state index contributed by atoms with van der Waals surface area (Å²) in [6, 6.07) is 0. The maximum Gasteiger partial charge on any atom is -0.0380 e. The molecule has 3 fully saturated rings. The Labute approximate surface area is 69.4 Å². The lowest BCUT2D eigenvalue weighted by Crippen LogP contribution is -2.14. The van der Waals surface area contributed by atoms with Crippen molar-refractivity contribution in [3.63, 3.8) is 0 Å². The molecule has 0 nitrogen and oxygen atoms in total. The van der Waals surface area contributed by atoms with Crippen LogP contribution in [0.4, 0.5) is 0 Å². The van der Waals surface area contributed by atoms with Gasteiger partial charge >= 0.3 is 0 Å². The van der Waals surface area contributed by atoms with Gasteiger partial charge in [-0.25, -0.2) is 0 Å². The van der Waals surface area contributed by atoms with E-state index in [0.717, 1.165) is 5.92 Å². The van der Waals surface area contributed by atoms with Crippen molar-refractivity contribution in [1.29, 1.82) is 0 Å². The molecule has 3 aliphatic carbocycles. The highest BCUT2D eigenvalue weighted by atomic mass is 14.5. The van der Waals surface area contributed by atoms with Crippen LogP contribution in [0, 0.1) is 23.7 Å². The zero-order valence-electron chi connectivity index (χ0n) is 7.26. The molecule has 0 spiro atoms. The van der Waals surface area contributed by atoms with E-state index < -0.39 is 0 Å². The SMILES string of the molecule is C1CC2CC3CC(C1)C(C2)C3. The van der Waals surface area contributed by atoms with Gasteiger partial charge in [0.1, 0.15) is 0 Å². The molecule has 3 rings (SSSR count). The topological polar surface area (TPSA) is 0 Å². The van der Waals surface area contributed by atoms with E-state index in [-0.39, 0.29) is 0 Å². The van der Waals surface area contributed by atoms with E-state index in [1.54, 1.807) is 44.9 Å². The fourth-order valence-electron chi connectivity index (χ4n) is 4.07. The van der Waals surface area contributed by atoms with Crippen molar-refractivity contribution >= 4 is 0 Å². The number of rotatable bonds is 0. The zero-order chi connectivity index (χ0) is 7.26. The van der Waals surface area contributed by atoms with Crippen LogP contribution >= 0.6 is 0 Å². The summed E-state index contributed by atoms with van der Waals surface area (Å²) >= 11 is 0. The van der Waals surface area contributed by atoms with Crippen LogP contribution in [0.5, 0.6) is 0 Å². The Hall–Kier alpha value is 0. The Balaban J connectivity index is 1.89. The van der Waals surface area contributed by atoms with Gasteiger partial charge in [-0.05, 0) is 49.4 Å². The summed E-state index contributed by atoms with van der Waals surface area (Å²) in [7, 11) is 0. The predicted octanol–water partition coefficient (Wildman–Crippen LogP) is 3.22. The summed E-state index contributed by atoms with van der Waals surface area (Å²) in [5.41, 5.74) is 0. The van der Waals surface area contributed by atoms with Crippen LogP contribution in [0.2, 0.25) is 0 Å². The molecule has 0 N–H and O–H groups in total. The Kier molecular flexibility index (Phi) is 1.33. The molecule has 62 valence electrons. The van der Waals surface area contributed by atoms with E-state index in [9.17, 15) is 0 Å². The first kappa shape index (κ1) is 6.51. The molecule has 11 heavy (non-hydrogen) atoms. The van der Waals surface area contributed by atoms with Gasteiger partial charge in [-0.1, -0.05) is 19.3 Å². The van der Waals surface area contributed by atoms with E-state index in [1.165, 1.54) is 17.8 Å². The smallest absolute Gasteiger partial charge is 0.0380 e. The standard InChI is InChI=1S/C11H18/c1-2-8-4-9-6-10(3-1)11(5-8)7-9/h8-11H,1-7H2. The van der Waals surface area contributed by atoms with Gasteiger partial charge in [0.15, 0.2) is 0 Å². The van der Waals surface area contributed by atoms with Crippen molar-refractivity contribution in [3.8, 4) is 0 Å². The van der Waals surface area contributed by atoms with Gasteiger partial charge in [-0.15, -0.1) is 0 Å². The number of fused-ring (bicyclic) bond motifs is 2. The molecule has 0 heterocycles. The lowest BCUT2D eigenvalue weighted by Gasteiger charge is -2.26. The fourth-order valence-corrected chi connectivity index (χ4v) is 4.07. The first-order chi connectivity index (χ1) is 5.42. The Bertz CT molecular complexity index is 159. The fraction of sp³-hybridized carbons (Fsp3) is 1.00. The van der Waals surface area contributed by atoms with Crippen LogP contribution in [0.25, 0.3) is 0 Å². The van der Waals surface area contributed by atoms with Crippen LogP contribution < -0.4 is 0 Å². The molecular formula is C11H18. The monoisotopic (exact) mass is 150 g/mol. The minimum Gasteiger partial charge on any atom is -0.0528 e. The Morgan fingerprint density at radius 1 is 0.636 bits per heavy atom. The first-order valence-corrected chi connectivity index (χ1v) is 5.42. The average Bonchev–Trinajstić information content (AvgIpc) is 2.17. The highest BCUT2D eigenvalue weighted by molar-refractivity contribution is 4.92. The van der Waals surface area contributed by atoms with Gasteiger partial charge in [-0.3, -0.25) is 0 Å². The Morgan fingerprint density at radius 2 is 1.45 bits per heavy atom. The van der Waals surface area contributed by atoms with Crippen LogP contribution in [0.1, 0.15) is 44.9 Å². The van der Waals surface area contributed by atoms with Gasteiger partial charge in [0, 0.05) is 0 Å². The first-order valence-electron chi connectivity index (χ1n) is 5.42. The van der Waals surface area contributed by atoms with Gasteiger partial charge < -0.3 is 0 Å². The number of hydrogen-bond donors (Lipinski definition) is 0. The summed E-state index contributed by atoms with van der Waals surface area (Å²) in [5.74, 6) is 4.68. The molecule has 0 aromatic rings. The molecule has 0 amide bonds. The number of hydrogen-bond acceptors (Lipinski definition) is 0. The summed E-state index contributed by atoms with van der Waals surface area (Å²) in [5, 5.41) is 0. The van der Waals surface area contributed by atoms with E-state index in [1.807, 2.05) is 0 Å². The maximum atomic E-state index is 1.61. The van der Waals surface area contributed by atoms with Crippen molar-refractivity contribution in [2.45, 2.75) is 44.9 Å². The second-order valence-electron chi connectivity index (χ2n) is 5.13. The predicted molar refractivity (Wildman–Crippen MR) is 46.3 cm³/mol. The molecule has 0 aromatic heterocycles. The van der Waals surface area contributed by atoms with Crippen molar-refractivity contribution in [2.75, 3.05) is 0 Å². The lowest BCUT2D eigenvalue weighted by molar-refractivity contribution is 0.254. The zero-order valence-corrected chi connectivity index (χ0v) is 7.26. The summed E-state index contributed by atoms with van der Waals surface area (Å²) < 4.78 is 0. The van der Waals surface area contributed by atoms with E-state index in [4.69, 9.17) is 0 Å². The molecule has 0 saturated heterocycles. The third-order valence-electron chi connectivity index (χ3n) is 4.43. The molecule has 0 heteroatoms. The van der Waals surface area contributed by atoms with Crippen LogP contribution in [0.3, 0.4) is 0 Å². The van der Waals surface area contributed by atoms with Crippen LogP contribution in [0.15, 0.2) is 0 Å². The third kappa shape index (κ3) is 0.947. The van der Waals surface area contributed by atoms with Gasteiger partial charge in [-0.2, -0.15) is 0 Å². The van der Waals surface area contributed by atoms with Crippen molar-refractivity contribution < 1.29 is 0 Å². The van der Waals surface area contributed by atoms with E-state index in [0.29, 0.717) is 0 Å². The second-order valence-corrected chi connectivity index (χ2v) is 5.13. The third-order valence-corrected chi connectivity index (χ3v) is 4.43. The molecule has 4 unspecified atom stereocenters. The molecule has 0 aromatic carbocycles. The van der Waals surface area contributed by atoms with Gasteiger partial charge in [0.25, 0.3) is 0 Å². The maximum absolute atomic E-state index is 1.61. The van der Waals surface area contributed by atoms with E-state index in [2.05, 4.69) is 0 Å². The molecule has 0 aliphatic heterocycles. The minimum atomic E-state index is 1.16. The Morgan fingerprint density at radius 3 is 2.45 bits per heavy atom. The molecule has 3 saturated carbocycles. The largest absolute Gasteiger partial charge is 0.0528 e. The van der Waals surface area contributed by atoms with Gasteiger partial charge in [0.2, 0.25) is 0 Å². The normalized spacial score (nSPS) is 54.5. The molecule has 3 aliphatic rings. The van der Waals surface area contributed by atoms with Gasteiger partial charge in [0.05, 0.1) is 0 Å². The average molecular weight is 150 g/mol. The molecule has 3 bridgehead atoms. The van der Waals surface area contributed by atoms with Crippen LogP contribution in [-0.4, -0.2) is 0 Å². The summed E-state index contributed by atoms with van der Waals surface area (Å²) in [4.78, 5) is 0. The highest BCUT2D eigenvalue weighted by Gasteiger charge is 2.41. The second kappa shape index (κ2) is 2.24. The molecular weight excluding hydrogens is 132 g/mol. The highest BCUT2D eigenvalue weighted by Crippen LogP contribution is 2.53. The molecule has 0 radical (unpaired) electrons. The summed E-state index contributed by atoms with van der Waals surface area (Å²) in [6.45, 7) is 0. The quantitative estimate of drug-likeness (QED) is 0.497. The van der Waals surface area contributed by atoms with Crippen molar-refractivity contribution in [1.82, 2.24) is 0 Å². The minimum absolute atomic E-state index is 1.16. The lowest BCUT2D eigenvalue weighted by atomic mass is 9.80. The summed E-state index contributed by atoms with van der Waals surface area (Å²) in [6.07, 6.45) is 11.1. The molecule has 4 atom stereocenters. The van der Waals surface area contributed by atoms with Crippen molar-refractivity contribution in [3.05, 3.63) is 0 Å². The van der Waals surface area contributed by atoms with E-state index >= 15 is 0 Å². The van der Waals surface area contributed by atoms with Crippen molar-refractivity contribution in [2.24, 2.45) is 23.7 Å². The van der Waals surface area contributed by atoms with Crippen LogP contribution in [-0.2, 0) is 0 Å².